The Kier molecular flexibility index (Phi) is 21.4. The molecule has 0 aromatic heterocycles. The Morgan fingerprint density at radius 2 is 1.76 bits per heavy atom. The minimum Gasteiger partial charge on any atom is -0.497 e. The molecule has 1 fully saturated rings. The topological polar surface area (TPSA) is 154 Å². The Morgan fingerprint density at radius 1 is 1.05 bits per heavy atom. The molecule has 11 nitrogen and oxygen atoms in total. The van der Waals surface area contributed by atoms with E-state index < -0.39 is 30.3 Å². The maximum atomic E-state index is 13.6. The van der Waals surface area contributed by atoms with Crippen molar-refractivity contribution in [2.45, 2.75) is 100 Å². The number of aliphatic hydroxyl groups is 2. The van der Waals surface area contributed by atoms with Crippen LogP contribution in [0.15, 0.2) is 77.7 Å². The summed E-state index contributed by atoms with van der Waals surface area (Å²) < 4.78 is 10.8. The Balaban J connectivity index is 0.000000378. The number of ketones is 1. The number of carbonyl (C=O) groups excluding carboxylic acids is 3. The molecular weight excluding hydrogens is 744 g/mol. The van der Waals surface area contributed by atoms with Gasteiger partial charge in [0, 0.05) is 49.6 Å². The fourth-order valence-corrected chi connectivity index (χ4v) is 7.77. The zero-order valence-electron chi connectivity index (χ0n) is 32.7. The highest BCUT2D eigenvalue weighted by molar-refractivity contribution is 7.99. The van der Waals surface area contributed by atoms with Crippen LogP contribution in [-0.2, 0) is 23.9 Å². The number of carbonyl (C=O) groups is 4. The molecule has 0 saturated heterocycles. The molecule has 4 rings (SSSR count). The lowest BCUT2D eigenvalue weighted by Gasteiger charge is -2.28. The van der Waals surface area contributed by atoms with Gasteiger partial charge in [0.2, 0.25) is 0 Å². The summed E-state index contributed by atoms with van der Waals surface area (Å²) in [5.74, 6) is -1.21. The molecule has 2 aromatic rings. The number of unbranched alkanes of at least 4 members (excludes halogenated alkanes) is 3. The fourth-order valence-electron chi connectivity index (χ4n) is 6.45. The van der Waals surface area contributed by atoms with E-state index in [9.17, 15) is 29.4 Å². The number of esters is 1. The average molecular weight is 803 g/mol. The van der Waals surface area contributed by atoms with Gasteiger partial charge in [-0.25, -0.2) is 0 Å². The molecule has 0 radical (unpaired) electrons. The third-order valence-corrected chi connectivity index (χ3v) is 10.8. The van der Waals surface area contributed by atoms with Crippen LogP contribution in [0.3, 0.4) is 0 Å². The predicted molar refractivity (Wildman–Crippen MR) is 219 cm³/mol. The summed E-state index contributed by atoms with van der Waals surface area (Å²) in [6.45, 7) is 4.66. The Bertz CT molecular complexity index is 1570. The summed E-state index contributed by atoms with van der Waals surface area (Å²) in [6, 6.07) is 15.4. The number of carboxylic acids is 1. The van der Waals surface area contributed by atoms with E-state index in [1.54, 1.807) is 35.9 Å². The van der Waals surface area contributed by atoms with E-state index in [4.69, 9.17) is 14.6 Å². The first-order valence-electron chi connectivity index (χ1n) is 18.8. The minimum atomic E-state index is -0.916. The SMILES string of the molecule is CCCCC[C@H](O)/C=C/[C@H]1[C@H](O)CC(=O)[C@@H]1C/C=C\CCCC(=O)O.COc1ccc([C@@H]2Sc3ccccc3N(CCN(C)C)C(=O)[C@@H]2OC(C)=O)cc1.Cl. The molecule has 6 atom stereocenters. The van der Waals surface area contributed by atoms with E-state index in [1.165, 1.54) is 6.92 Å². The van der Waals surface area contributed by atoms with Crippen LogP contribution >= 0.6 is 24.2 Å². The quantitative estimate of drug-likeness (QED) is 0.0808. The van der Waals surface area contributed by atoms with Crippen molar-refractivity contribution >= 4 is 53.5 Å². The van der Waals surface area contributed by atoms with Crippen LogP contribution in [0, 0.1) is 11.8 Å². The highest BCUT2D eigenvalue weighted by atomic mass is 35.5. The number of fused-ring (bicyclic) bond motifs is 1. The number of anilines is 1. The van der Waals surface area contributed by atoms with Gasteiger partial charge in [-0.2, -0.15) is 0 Å². The van der Waals surface area contributed by atoms with Gasteiger partial charge in [0.15, 0.2) is 6.10 Å². The van der Waals surface area contributed by atoms with Gasteiger partial charge in [0.1, 0.15) is 11.5 Å². The van der Waals surface area contributed by atoms with Gasteiger partial charge in [-0.15, -0.1) is 24.2 Å². The Labute approximate surface area is 336 Å². The first kappa shape index (κ1) is 47.5. The number of aliphatic carboxylic acids is 1. The number of ether oxygens (including phenoxy) is 2. The van der Waals surface area contributed by atoms with Crippen LogP contribution in [0.5, 0.6) is 5.75 Å². The number of rotatable bonds is 18. The lowest BCUT2D eigenvalue weighted by Crippen LogP contribution is -2.45. The normalized spacial score (nSPS) is 21.5. The number of carboxylic acid groups (broad SMARTS) is 1. The lowest BCUT2D eigenvalue weighted by molar-refractivity contribution is -0.152. The molecule has 1 aliphatic carbocycles. The van der Waals surface area contributed by atoms with Crippen molar-refractivity contribution in [1.29, 1.82) is 0 Å². The molecule has 0 bridgehead atoms. The molecule has 55 heavy (non-hydrogen) atoms. The van der Waals surface area contributed by atoms with Crippen molar-refractivity contribution in [1.82, 2.24) is 4.90 Å². The molecule has 0 unspecified atom stereocenters. The van der Waals surface area contributed by atoms with Crippen LogP contribution in [0.25, 0.3) is 0 Å². The number of para-hydroxylation sites is 1. The molecule has 3 N–H and O–H groups in total. The van der Waals surface area contributed by atoms with Crippen molar-refractivity contribution < 1.29 is 44.0 Å². The van der Waals surface area contributed by atoms with E-state index in [0.717, 1.165) is 41.2 Å². The van der Waals surface area contributed by atoms with Gasteiger partial charge in [-0.1, -0.05) is 74.8 Å². The molecule has 1 saturated carbocycles. The van der Waals surface area contributed by atoms with E-state index >= 15 is 0 Å². The van der Waals surface area contributed by atoms with Crippen molar-refractivity contribution in [2.75, 3.05) is 39.2 Å². The second kappa shape index (κ2) is 24.8. The van der Waals surface area contributed by atoms with Gasteiger partial charge in [-0.3, -0.25) is 19.2 Å². The number of Topliss-reactive ketones (excluding diaryl/α,β-unsaturated/α-hetero) is 1. The second-order valence-electron chi connectivity index (χ2n) is 14.0. The van der Waals surface area contributed by atoms with E-state index in [1.807, 2.05) is 79.7 Å². The zero-order valence-corrected chi connectivity index (χ0v) is 34.3. The minimum absolute atomic E-state index is 0. The van der Waals surface area contributed by atoms with Crippen molar-refractivity contribution in [2.24, 2.45) is 11.8 Å². The maximum absolute atomic E-state index is 13.6. The monoisotopic (exact) mass is 802 g/mol. The van der Waals surface area contributed by atoms with Crippen LogP contribution in [0.1, 0.15) is 82.4 Å². The number of likely N-dealkylation sites (N-methyl/N-ethyl adjacent to an activating group) is 1. The number of halogens is 1. The lowest BCUT2D eigenvalue weighted by atomic mass is 9.90. The molecular formula is C42H59ClN2O9S. The highest BCUT2D eigenvalue weighted by Crippen LogP contribution is 2.47. The number of aliphatic hydroxyl groups excluding tert-OH is 2. The molecule has 0 spiro atoms. The number of benzene rings is 2. The van der Waals surface area contributed by atoms with Crippen LogP contribution in [-0.4, -0.2) is 96.5 Å². The first-order chi connectivity index (χ1) is 25.9. The first-order valence-corrected chi connectivity index (χ1v) is 19.7. The summed E-state index contributed by atoms with van der Waals surface area (Å²) >= 11 is 1.54. The summed E-state index contributed by atoms with van der Waals surface area (Å²) in [5, 5.41) is 28.3. The summed E-state index contributed by atoms with van der Waals surface area (Å²) in [4.78, 5) is 52.7. The zero-order chi connectivity index (χ0) is 39.6. The van der Waals surface area contributed by atoms with Crippen LogP contribution in [0.2, 0.25) is 0 Å². The van der Waals surface area contributed by atoms with E-state index in [-0.39, 0.29) is 54.0 Å². The predicted octanol–water partition coefficient (Wildman–Crippen LogP) is 7.04. The van der Waals surface area contributed by atoms with Gasteiger partial charge < -0.3 is 34.6 Å². The van der Waals surface area contributed by atoms with Crippen molar-refractivity contribution in [3.63, 3.8) is 0 Å². The second-order valence-corrected chi connectivity index (χ2v) is 15.1. The number of hydrogen-bond donors (Lipinski definition) is 3. The number of thioether (sulfide) groups is 1. The number of nitrogens with zero attached hydrogens (tertiary/aromatic N) is 2. The van der Waals surface area contributed by atoms with Gasteiger partial charge in [-0.05, 0) is 69.6 Å². The molecule has 13 heteroatoms. The van der Waals surface area contributed by atoms with E-state index in [2.05, 4.69) is 6.92 Å². The summed E-state index contributed by atoms with van der Waals surface area (Å²) in [7, 11) is 5.54. The molecule has 2 aromatic carbocycles. The number of hydrogen-bond acceptors (Lipinski definition) is 10. The third kappa shape index (κ3) is 15.4. The van der Waals surface area contributed by atoms with Gasteiger partial charge in [0.05, 0.1) is 30.3 Å². The number of allylic oxidation sites excluding steroid dienone is 2. The third-order valence-electron chi connectivity index (χ3n) is 9.41. The standard InChI is InChI=1S/C22H26N2O4S.C20H32O5.ClH/c1-15(25)28-20-21(16-9-11-17(27-4)12-10-16)29-19-8-6-5-7-18(19)24(22(20)26)14-13-23(2)3;1-2-3-6-9-15(21)12-13-17-16(18(22)14-19(17)23)10-7-4-5-8-11-20(24)25;/h5-12,20-21H,13-14H2,1-4H3;4,7,12-13,15-17,19,21,23H,2-3,5-6,8-11,14H2,1H3,(H,24,25);1H/b;7-4-,13-12+;/t20-,21+;15-,16+,17+,19+;/m10./s1. The highest BCUT2D eigenvalue weighted by Gasteiger charge is 2.41. The molecule has 1 aliphatic heterocycles. The van der Waals surface area contributed by atoms with Crippen LogP contribution in [0.4, 0.5) is 5.69 Å². The summed E-state index contributed by atoms with van der Waals surface area (Å²) in [5.41, 5.74) is 1.75. The van der Waals surface area contributed by atoms with E-state index in [0.29, 0.717) is 38.8 Å². The largest absolute Gasteiger partial charge is 0.497 e. The average Bonchev–Trinajstić information content (AvgIpc) is 3.34. The summed E-state index contributed by atoms with van der Waals surface area (Å²) in [6.07, 6.45) is 11.2. The Morgan fingerprint density at radius 3 is 2.40 bits per heavy atom. The van der Waals surface area contributed by atoms with Crippen molar-refractivity contribution in [3.8, 4) is 5.75 Å². The molecule has 1 heterocycles. The molecule has 304 valence electrons. The molecule has 2 aliphatic rings. The van der Waals surface area contributed by atoms with Gasteiger partial charge in [0.25, 0.3) is 5.91 Å². The fraction of sp³-hybridized carbons (Fsp3) is 0.524. The number of methoxy groups -OCH3 is 1. The Hall–Kier alpha value is -3.68. The number of amides is 1. The smallest absolute Gasteiger partial charge is 0.303 e. The van der Waals surface area contributed by atoms with Crippen molar-refractivity contribution in [3.05, 3.63) is 78.4 Å². The maximum Gasteiger partial charge on any atom is 0.303 e. The molecule has 1 amide bonds. The van der Waals surface area contributed by atoms with Gasteiger partial charge >= 0.3 is 11.9 Å². The van der Waals surface area contributed by atoms with Crippen LogP contribution < -0.4 is 9.64 Å².